The van der Waals surface area contributed by atoms with Gasteiger partial charge in [0, 0.05) is 0 Å². The van der Waals surface area contributed by atoms with Crippen molar-refractivity contribution in [3.8, 4) is 23.5 Å². The molecule has 0 saturated carbocycles. The van der Waals surface area contributed by atoms with Crippen molar-refractivity contribution in [3.63, 3.8) is 0 Å². The van der Waals surface area contributed by atoms with Gasteiger partial charge in [-0.05, 0) is 29.8 Å². The zero-order chi connectivity index (χ0) is 17.6. The minimum absolute atomic E-state index is 0.0209. The number of nitrogens with zero attached hydrogens (tertiary/aromatic N) is 3. The van der Waals surface area contributed by atoms with Crippen LogP contribution in [0.15, 0.2) is 56.3 Å². The summed E-state index contributed by atoms with van der Waals surface area (Å²) < 4.78 is 16.6. The topological polar surface area (TPSA) is 114 Å². The largest absolute Gasteiger partial charge is 0.491 e. The van der Waals surface area contributed by atoms with Gasteiger partial charge in [-0.2, -0.15) is 9.94 Å². The van der Waals surface area contributed by atoms with E-state index in [4.69, 9.17) is 18.8 Å². The summed E-state index contributed by atoms with van der Waals surface area (Å²) in [4.78, 5) is 11.8. The average molecular weight is 341 g/mol. The Morgan fingerprint density at radius 3 is 2.80 bits per heavy atom. The number of benzene rings is 1. The van der Waals surface area contributed by atoms with E-state index in [0.29, 0.717) is 17.9 Å². The van der Waals surface area contributed by atoms with Gasteiger partial charge in [-0.25, -0.2) is 4.79 Å². The molecule has 3 rings (SSSR count). The van der Waals surface area contributed by atoms with Crippen LogP contribution in [-0.2, 0) is 13.0 Å². The summed E-state index contributed by atoms with van der Waals surface area (Å²) in [5, 5.41) is 22.6. The lowest BCUT2D eigenvalue weighted by molar-refractivity contribution is 0.0875. The predicted molar refractivity (Wildman–Crippen MR) is 85.7 cm³/mol. The third-order valence-electron chi connectivity index (χ3n) is 3.37. The monoisotopic (exact) mass is 341 g/mol. The Labute approximate surface area is 142 Å². The van der Waals surface area contributed by atoms with Crippen LogP contribution < -0.4 is 10.5 Å². The molecule has 128 valence electrons. The van der Waals surface area contributed by atoms with Crippen molar-refractivity contribution in [3.05, 3.63) is 58.8 Å². The summed E-state index contributed by atoms with van der Waals surface area (Å²) in [6.07, 6.45) is 0.820. The molecule has 0 fully saturated rings. The van der Waals surface area contributed by atoms with E-state index in [1.165, 1.54) is 6.26 Å². The first-order valence-electron chi connectivity index (χ1n) is 7.54. The smallest absolute Gasteiger partial charge is 0.437 e. The van der Waals surface area contributed by atoms with E-state index in [1.807, 2.05) is 0 Å². The first-order valence-corrected chi connectivity index (χ1v) is 7.54. The molecule has 0 spiro atoms. The van der Waals surface area contributed by atoms with Gasteiger partial charge in [-0.15, -0.1) is 5.10 Å². The van der Waals surface area contributed by atoms with Gasteiger partial charge in [-0.3, -0.25) is 0 Å². The normalized spacial score (nSPS) is 11.8. The number of aliphatic hydroxyl groups is 1. The maximum atomic E-state index is 11.8. The van der Waals surface area contributed by atoms with Crippen molar-refractivity contribution in [1.82, 2.24) is 9.78 Å². The third kappa shape index (κ3) is 4.16. The molecule has 0 aliphatic carbocycles. The minimum atomic E-state index is -0.953. The van der Waals surface area contributed by atoms with Crippen LogP contribution in [0.4, 0.5) is 0 Å². The second-order valence-electron chi connectivity index (χ2n) is 5.28. The Morgan fingerprint density at radius 2 is 2.12 bits per heavy atom. The Balaban J connectivity index is 1.57. The molecule has 2 heterocycles. The summed E-state index contributed by atoms with van der Waals surface area (Å²) >= 11 is 0. The van der Waals surface area contributed by atoms with E-state index in [1.54, 1.807) is 36.4 Å². The number of nitriles is 1. The second kappa shape index (κ2) is 7.51. The fourth-order valence-corrected chi connectivity index (χ4v) is 2.16. The molecule has 0 amide bonds. The highest BCUT2D eigenvalue weighted by Gasteiger charge is 2.15. The quantitative estimate of drug-likeness (QED) is 0.694. The molecule has 2 aromatic heterocycles. The van der Waals surface area contributed by atoms with E-state index in [2.05, 4.69) is 11.2 Å². The van der Waals surface area contributed by atoms with Crippen LogP contribution in [0.25, 0.3) is 11.7 Å². The lowest BCUT2D eigenvalue weighted by Gasteiger charge is -2.11. The molecule has 0 aliphatic heterocycles. The molecule has 0 radical (unpaired) electrons. The fraction of sp³-hybridized carbons (Fsp3) is 0.235. The fourth-order valence-electron chi connectivity index (χ4n) is 2.16. The summed E-state index contributed by atoms with van der Waals surface area (Å²) in [6, 6.07) is 12.3. The number of hydrogen-bond acceptors (Lipinski definition) is 7. The molecule has 1 atom stereocenters. The SMILES string of the molecule is N#CCc1ccc(OC[C@H](O)Cn2nc(-c3ccco3)oc2=O)cc1. The molecule has 8 heteroatoms. The highest BCUT2D eigenvalue weighted by molar-refractivity contribution is 5.42. The Kier molecular flexibility index (Phi) is 4.97. The van der Waals surface area contributed by atoms with E-state index in [0.717, 1.165) is 10.2 Å². The maximum Gasteiger partial charge on any atom is 0.437 e. The second-order valence-corrected chi connectivity index (χ2v) is 5.28. The molecule has 0 unspecified atom stereocenters. The molecule has 1 aromatic carbocycles. The highest BCUT2D eigenvalue weighted by Crippen LogP contribution is 2.15. The van der Waals surface area contributed by atoms with E-state index in [9.17, 15) is 9.90 Å². The maximum absolute atomic E-state index is 11.8. The first-order chi connectivity index (χ1) is 12.2. The number of aromatic nitrogens is 2. The molecule has 0 saturated heterocycles. The van der Waals surface area contributed by atoms with Gasteiger partial charge in [-0.1, -0.05) is 12.1 Å². The highest BCUT2D eigenvalue weighted by atomic mass is 16.5. The minimum Gasteiger partial charge on any atom is -0.491 e. The van der Waals surface area contributed by atoms with Crippen LogP contribution in [0.2, 0.25) is 0 Å². The molecular weight excluding hydrogens is 326 g/mol. The van der Waals surface area contributed by atoms with Gasteiger partial charge in [0.15, 0.2) is 5.76 Å². The van der Waals surface area contributed by atoms with E-state index >= 15 is 0 Å². The third-order valence-corrected chi connectivity index (χ3v) is 3.37. The number of furan rings is 1. The zero-order valence-corrected chi connectivity index (χ0v) is 13.2. The zero-order valence-electron chi connectivity index (χ0n) is 13.2. The van der Waals surface area contributed by atoms with Crippen LogP contribution >= 0.6 is 0 Å². The van der Waals surface area contributed by atoms with Crippen molar-refractivity contribution in [2.45, 2.75) is 19.1 Å². The molecule has 8 nitrogen and oxygen atoms in total. The number of rotatable bonds is 7. The summed E-state index contributed by atoms with van der Waals surface area (Å²) in [6.45, 7) is -0.0947. The van der Waals surface area contributed by atoms with E-state index < -0.39 is 11.9 Å². The van der Waals surface area contributed by atoms with Crippen LogP contribution in [0.3, 0.4) is 0 Å². The summed E-state index contributed by atoms with van der Waals surface area (Å²) in [7, 11) is 0. The van der Waals surface area contributed by atoms with Gasteiger partial charge >= 0.3 is 5.76 Å². The van der Waals surface area contributed by atoms with Gasteiger partial charge in [0.2, 0.25) is 0 Å². The molecule has 3 aromatic rings. The number of aliphatic hydroxyl groups excluding tert-OH is 1. The summed E-state index contributed by atoms with van der Waals surface area (Å²) in [5.41, 5.74) is 0.884. The van der Waals surface area contributed by atoms with Gasteiger partial charge in [0.1, 0.15) is 18.5 Å². The molecule has 0 aliphatic rings. The van der Waals surface area contributed by atoms with Crippen LogP contribution in [0.1, 0.15) is 5.56 Å². The number of hydrogen-bond donors (Lipinski definition) is 1. The van der Waals surface area contributed by atoms with Gasteiger partial charge in [0.25, 0.3) is 5.89 Å². The van der Waals surface area contributed by atoms with Crippen LogP contribution in [-0.4, -0.2) is 27.6 Å². The van der Waals surface area contributed by atoms with Crippen molar-refractivity contribution in [1.29, 1.82) is 5.26 Å². The molecule has 25 heavy (non-hydrogen) atoms. The van der Waals surface area contributed by atoms with Crippen LogP contribution in [0.5, 0.6) is 5.75 Å². The summed E-state index contributed by atoms with van der Waals surface area (Å²) in [5.74, 6) is 0.256. The molecular formula is C17H15N3O5. The van der Waals surface area contributed by atoms with E-state index in [-0.39, 0.29) is 19.0 Å². The number of ether oxygens (including phenoxy) is 1. The Morgan fingerprint density at radius 1 is 1.32 bits per heavy atom. The van der Waals surface area contributed by atoms with Crippen molar-refractivity contribution in [2.24, 2.45) is 0 Å². The van der Waals surface area contributed by atoms with Crippen LogP contribution in [0, 0.1) is 11.3 Å². The Hall–Kier alpha value is -3.31. The molecule has 0 bridgehead atoms. The Bertz CT molecular complexity index is 903. The molecule has 1 N–H and O–H groups in total. The van der Waals surface area contributed by atoms with Gasteiger partial charge in [0.05, 0.1) is 25.3 Å². The van der Waals surface area contributed by atoms with Crippen molar-refractivity contribution < 1.29 is 18.7 Å². The predicted octanol–water partition coefficient (Wildman–Crippen LogP) is 1.60. The van der Waals surface area contributed by atoms with Gasteiger partial charge < -0.3 is 18.7 Å². The lowest BCUT2D eigenvalue weighted by Crippen LogP contribution is -2.29. The van der Waals surface area contributed by atoms with Crippen molar-refractivity contribution >= 4 is 0 Å². The van der Waals surface area contributed by atoms with Crippen molar-refractivity contribution in [2.75, 3.05) is 6.61 Å². The first kappa shape index (κ1) is 16.5. The standard InChI is InChI=1S/C17H15N3O5/c18-8-7-12-3-5-14(6-4-12)24-11-13(21)10-20-17(22)25-16(19-20)15-2-1-9-23-15/h1-6,9,13,21H,7,10-11H2/t13-/m1/s1. The lowest BCUT2D eigenvalue weighted by atomic mass is 10.2. The average Bonchev–Trinajstić information content (AvgIpc) is 3.25.